The largest absolute Gasteiger partial charge is 0.313 e. The van der Waals surface area contributed by atoms with Gasteiger partial charge in [0.15, 0.2) is 0 Å². The molecule has 3 nitrogen and oxygen atoms in total. The van der Waals surface area contributed by atoms with Gasteiger partial charge in [-0.3, -0.25) is 4.79 Å². The maximum atomic E-state index is 11.8. The normalized spacial score (nSPS) is 16.3. The molecule has 0 atom stereocenters. The van der Waals surface area contributed by atoms with Crippen molar-refractivity contribution < 1.29 is 4.79 Å². The highest BCUT2D eigenvalue weighted by Crippen LogP contribution is 2.21. The summed E-state index contributed by atoms with van der Waals surface area (Å²) in [5.41, 5.74) is 2.29. The first-order valence-electron chi connectivity index (χ1n) is 6.41. The molecule has 3 heteroatoms. The average molecular weight is 232 g/mol. The Bertz CT molecular complexity index is 390. The number of hydrogen-bond acceptors (Lipinski definition) is 2. The highest BCUT2D eigenvalue weighted by molar-refractivity contribution is 5.94. The first-order chi connectivity index (χ1) is 8.31. The zero-order valence-electron chi connectivity index (χ0n) is 10.4. The molecule has 1 fully saturated rings. The van der Waals surface area contributed by atoms with E-state index < -0.39 is 0 Å². The Hall–Kier alpha value is -1.35. The number of amides is 1. The molecule has 1 saturated heterocycles. The molecule has 1 heterocycles. The minimum atomic E-state index is 0.261. The van der Waals surface area contributed by atoms with Gasteiger partial charge < -0.3 is 10.2 Å². The van der Waals surface area contributed by atoms with E-state index in [-0.39, 0.29) is 5.91 Å². The smallest absolute Gasteiger partial charge is 0.226 e. The summed E-state index contributed by atoms with van der Waals surface area (Å²) in [7, 11) is 0. The summed E-state index contributed by atoms with van der Waals surface area (Å²) in [5.74, 6) is 0.261. The van der Waals surface area contributed by atoms with E-state index in [1.165, 1.54) is 5.56 Å². The van der Waals surface area contributed by atoms with Crippen LogP contribution in [0.1, 0.15) is 31.7 Å². The summed E-state index contributed by atoms with van der Waals surface area (Å²) in [6.45, 7) is 4.79. The van der Waals surface area contributed by atoms with Crippen LogP contribution in [0.25, 0.3) is 0 Å². The molecule has 92 valence electrons. The van der Waals surface area contributed by atoms with Gasteiger partial charge in [0.25, 0.3) is 0 Å². The van der Waals surface area contributed by atoms with Gasteiger partial charge in [0.2, 0.25) is 5.91 Å². The summed E-state index contributed by atoms with van der Waals surface area (Å²) < 4.78 is 0. The molecule has 1 amide bonds. The van der Waals surface area contributed by atoms with Gasteiger partial charge in [-0.25, -0.2) is 0 Å². The number of nitrogens with one attached hydrogen (secondary N) is 1. The molecular weight excluding hydrogens is 212 g/mol. The number of nitrogens with zero attached hydrogens (tertiary/aromatic N) is 1. The second-order valence-electron chi connectivity index (χ2n) is 4.45. The minimum Gasteiger partial charge on any atom is -0.313 e. The van der Waals surface area contributed by atoms with Crippen molar-refractivity contribution >= 4 is 11.6 Å². The van der Waals surface area contributed by atoms with Gasteiger partial charge in [-0.05, 0) is 37.1 Å². The van der Waals surface area contributed by atoms with Crippen molar-refractivity contribution in [1.82, 2.24) is 5.32 Å². The van der Waals surface area contributed by atoms with Crippen LogP contribution in [0.5, 0.6) is 0 Å². The van der Waals surface area contributed by atoms with E-state index in [0.29, 0.717) is 6.42 Å². The maximum Gasteiger partial charge on any atom is 0.226 e. The monoisotopic (exact) mass is 232 g/mol. The third-order valence-electron chi connectivity index (χ3n) is 3.12. The lowest BCUT2D eigenvalue weighted by atomic mass is 10.1. The number of rotatable bonds is 4. The number of benzene rings is 1. The first kappa shape index (κ1) is 12.1. The molecule has 17 heavy (non-hydrogen) atoms. The van der Waals surface area contributed by atoms with Crippen LogP contribution in [0.15, 0.2) is 24.3 Å². The number of piperidine rings is 1. The predicted molar refractivity (Wildman–Crippen MR) is 70.0 cm³/mol. The predicted octanol–water partition coefficient (Wildman–Crippen LogP) is 2.31. The quantitative estimate of drug-likeness (QED) is 0.864. The lowest BCUT2D eigenvalue weighted by Gasteiger charge is -2.27. The molecule has 1 aliphatic heterocycles. The Morgan fingerprint density at radius 2 is 2.24 bits per heavy atom. The molecule has 1 aromatic carbocycles. The molecule has 2 rings (SSSR count). The van der Waals surface area contributed by atoms with E-state index in [1.807, 2.05) is 17.0 Å². The molecule has 0 spiro atoms. The van der Waals surface area contributed by atoms with Crippen molar-refractivity contribution in [3.8, 4) is 0 Å². The number of hydrogen-bond donors (Lipinski definition) is 1. The number of anilines is 1. The summed E-state index contributed by atoms with van der Waals surface area (Å²) in [5, 5.41) is 3.30. The Kier molecular flexibility index (Phi) is 4.15. The van der Waals surface area contributed by atoms with Crippen LogP contribution in [0.4, 0.5) is 5.69 Å². The van der Waals surface area contributed by atoms with E-state index in [1.54, 1.807) is 0 Å². The summed E-state index contributed by atoms with van der Waals surface area (Å²) in [4.78, 5) is 13.7. The lowest BCUT2D eigenvalue weighted by molar-refractivity contribution is -0.119. The van der Waals surface area contributed by atoms with Gasteiger partial charge in [-0.1, -0.05) is 19.1 Å². The fourth-order valence-electron chi connectivity index (χ4n) is 2.18. The number of carbonyl (C=O) groups excluding carboxylic acids is 1. The van der Waals surface area contributed by atoms with Gasteiger partial charge in [0.1, 0.15) is 0 Å². The third-order valence-corrected chi connectivity index (χ3v) is 3.12. The van der Waals surface area contributed by atoms with E-state index in [2.05, 4.69) is 24.4 Å². The maximum absolute atomic E-state index is 11.8. The molecule has 0 aromatic heterocycles. The van der Waals surface area contributed by atoms with E-state index >= 15 is 0 Å². The van der Waals surface area contributed by atoms with Crippen molar-refractivity contribution in [3.05, 3.63) is 29.8 Å². The van der Waals surface area contributed by atoms with Gasteiger partial charge >= 0.3 is 0 Å². The standard InChI is InChI=1S/C14H20N2O/c1-2-15-11-12-6-5-7-13(10-12)16-9-4-3-8-14(16)17/h5-7,10,15H,2-4,8-9,11H2,1H3. The molecule has 1 aromatic rings. The topological polar surface area (TPSA) is 32.3 Å². The van der Waals surface area contributed by atoms with Crippen LogP contribution in [0.3, 0.4) is 0 Å². The van der Waals surface area contributed by atoms with Crippen LogP contribution in [-0.2, 0) is 11.3 Å². The summed E-state index contributed by atoms with van der Waals surface area (Å²) >= 11 is 0. The molecule has 0 saturated carbocycles. The van der Waals surface area contributed by atoms with Gasteiger partial charge in [-0.2, -0.15) is 0 Å². The van der Waals surface area contributed by atoms with Crippen LogP contribution >= 0.6 is 0 Å². The fraction of sp³-hybridized carbons (Fsp3) is 0.500. The van der Waals surface area contributed by atoms with Crippen LogP contribution in [0.2, 0.25) is 0 Å². The summed E-state index contributed by atoms with van der Waals surface area (Å²) in [6, 6.07) is 8.27. The van der Waals surface area contributed by atoms with Crippen molar-refractivity contribution in [1.29, 1.82) is 0 Å². The van der Waals surface area contributed by atoms with E-state index in [4.69, 9.17) is 0 Å². The van der Waals surface area contributed by atoms with Crippen LogP contribution < -0.4 is 10.2 Å². The average Bonchev–Trinajstić information content (AvgIpc) is 2.37. The first-order valence-corrected chi connectivity index (χ1v) is 6.41. The van der Waals surface area contributed by atoms with Crippen LogP contribution in [-0.4, -0.2) is 19.0 Å². The Morgan fingerprint density at radius 3 is 3.00 bits per heavy atom. The third kappa shape index (κ3) is 3.07. The van der Waals surface area contributed by atoms with E-state index in [9.17, 15) is 4.79 Å². The second kappa shape index (κ2) is 5.82. The van der Waals surface area contributed by atoms with Crippen molar-refractivity contribution in [2.24, 2.45) is 0 Å². The van der Waals surface area contributed by atoms with Crippen LogP contribution in [0, 0.1) is 0 Å². The van der Waals surface area contributed by atoms with Crippen molar-refractivity contribution in [3.63, 3.8) is 0 Å². The molecule has 0 aliphatic carbocycles. The highest BCUT2D eigenvalue weighted by atomic mass is 16.2. The SMILES string of the molecule is CCNCc1cccc(N2CCCCC2=O)c1. The molecule has 0 radical (unpaired) electrons. The van der Waals surface area contributed by atoms with Crippen molar-refractivity contribution in [2.45, 2.75) is 32.7 Å². The van der Waals surface area contributed by atoms with E-state index in [0.717, 1.165) is 38.2 Å². The fourth-order valence-corrected chi connectivity index (χ4v) is 2.18. The molecule has 1 N–H and O–H groups in total. The van der Waals surface area contributed by atoms with Crippen molar-refractivity contribution in [2.75, 3.05) is 18.0 Å². The van der Waals surface area contributed by atoms with Gasteiger partial charge in [-0.15, -0.1) is 0 Å². The Balaban J connectivity index is 2.11. The lowest BCUT2D eigenvalue weighted by Crippen LogP contribution is -2.35. The molecule has 1 aliphatic rings. The molecular formula is C14H20N2O. The zero-order chi connectivity index (χ0) is 12.1. The molecule has 0 bridgehead atoms. The minimum absolute atomic E-state index is 0.261. The number of carbonyl (C=O) groups is 1. The second-order valence-corrected chi connectivity index (χ2v) is 4.45. The Morgan fingerprint density at radius 1 is 1.35 bits per heavy atom. The molecule has 0 unspecified atom stereocenters. The summed E-state index contributed by atoms with van der Waals surface area (Å²) in [6.07, 6.45) is 2.84. The van der Waals surface area contributed by atoms with Gasteiger partial charge in [0, 0.05) is 25.2 Å². The zero-order valence-corrected chi connectivity index (χ0v) is 10.4. The Labute approximate surface area is 103 Å². The highest BCUT2D eigenvalue weighted by Gasteiger charge is 2.19. The van der Waals surface area contributed by atoms with Gasteiger partial charge in [0.05, 0.1) is 0 Å².